The maximum Gasteiger partial charge on any atom is 0.251 e. The van der Waals surface area contributed by atoms with Crippen LogP contribution in [-0.2, 0) is 0 Å². The van der Waals surface area contributed by atoms with Crippen LogP contribution in [0.4, 0.5) is 15.9 Å². The number of aromatic amines is 1. The monoisotopic (exact) mass is 451 g/mol. The van der Waals surface area contributed by atoms with Crippen LogP contribution in [0.1, 0.15) is 23.2 Å². The van der Waals surface area contributed by atoms with Crippen molar-refractivity contribution in [3.05, 3.63) is 53.8 Å². The smallest absolute Gasteiger partial charge is 0.251 e. The molecule has 0 atom stereocenters. The number of aromatic nitrogens is 2. The van der Waals surface area contributed by atoms with Gasteiger partial charge < -0.3 is 25.0 Å². The van der Waals surface area contributed by atoms with Crippen LogP contribution >= 0.6 is 0 Å². The minimum atomic E-state index is -0.512. The van der Waals surface area contributed by atoms with Gasteiger partial charge >= 0.3 is 0 Å². The van der Waals surface area contributed by atoms with E-state index in [-0.39, 0.29) is 17.6 Å². The molecule has 1 aromatic heterocycles. The molecule has 3 heterocycles. The van der Waals surface area contributed by atoms with E-state index in [1.165, 1.54) is 6.07 Å². The molecular weight excluding hydrogens is 425 g/mol. The molecule has 172 valence electrons. The highest BCUT2D eigenvalue weighted by atomic mass is 19.1. The molecule has 0 unspecified atom stereocenters. The Morgan fingerprint density at radius 3 is 2.67 bits per heavy atom. The van der Waals surface area contributed by atoms with E-state index >= 15 is 0 Å². The van der Waals surface area contributed by atoms with Gasteiger partial charge in [-0.3, -0.25) is 9.89 Å². The summed E-state index contributed by atoms with van der Waals surface area (Å²) in [6.45, 7) is 2.93. The third kappa shape index (κ3) is 4.78. The topological polar surface area (TPSA) is 91.5 Å². The molecule has 5 rings (SSSR count). The number of anilines is 2. The summed E-state index contributed by atoms with van der Waals surface area (Å²) >= 11 is 0. The summed E-state index contributed by atoms with van der Waals surface area (Å²) in [6.07, 6.45) is 1.80. The van der Waals surface area contributed by atoms with Crippen molar-refractivity contribution in [2.45, 2.75) is 18.9 Å². The second-order valence-corrected chi connectivity index (χ2v) is 8.40. The third-order valence-corrected chi connectivity index (χ3v) is 5.97. The van der Waals surface area contributed by atoms with Gasteiger partial charge in [-0.05, 0) is 69.4 Å². The molecule has 1 fully saturated rings. The van der Waals surface area contributed by atoms with Crippen LogP contribution in [0.25, 0.3) is 11.3 Å². The van der Waals surface area contributed by atoms with Crippen molar-refractivity contribution in [3.8, 4) is 22.8 Å². The van der Waals surface area contributed by atoms with E-state index in [0.717, 1.165) is 31.5 Å². The second kappa shape index (κ2) is 9.11. The predicted molar refractivity (Wildman–Crippen MR) is 123 cm³/mol. The number of H-pyrrole nitrogens is 1. The number of hydrogen-bond donors (Lipinski definition) is 3. The molecule has 1 saturated heterocycles. The lowest BCUT2D eigenvalue weighted by Crippen LogP contribution is -2.43. The second-order valence-electron chi connectivity index (χ2n) is 8.40. The van der Waals surface area contributed by atoms with Crippen molar-refractivity contribution in [3.63, 3.8) is 0 Å². The van der Waals surface area contributed by atoms with E-state index in [1.807, 2.05) is 18.2 Å². The van der Waals surface area contributed by atoms with Crippen molar-refractivity contribution >= 4 is 17.4 Å². The van der Waals surface area contributed by atoms with Crippen LogP contribution in [0.3, 0.4) is 0 Å². The molecule has 0 aliphatic carbocycles. The number of carbonyl (C=O) groups is 1. The number of carbonyl (C=O) groups excluding carboxylic acids is 1. The first-order chi connectivity index (χ1) is 16.0. The summed E-state index contributed by atoms with van der Waals surface area (Å²) in [5.41, 5.74) is 2.09. The Kier molecular flexibility index (Phi) is 5.87. The molecule has 0 radical (unpaired) electrons. The molecule has 3 N–H and O–H groups in total. The zero-order valence-corrected chi connectivity index (χ0v) is 18.4. The van der Waals surface area contributed by atoms with Gasteiger partial charge in [-0.2, -0.15) is 5.10 Å². The van der Waals surface area contributed by atoms with Gasteiger partial charge in [0, 0.05) is 23.2 Å². The normalized spacial score (nSPS) is 16.4. The summed E-state index contributed by atoms with van der Waals surface area (Å²) < 4.78 is 25.9. The van der Waals surface area contributed by atoms with Crippen LogP contribution in [0.5, 0.6) is 11.5 Å². The van der Waals surface area contributed by atoms with Gasteiger partial charge in [0.1, 0.15) is 24.8 Å². The van der Waals surface area contributed by atoms with Gasteiger partial charge in [-0.1, -0.05) is 0 Å². The highest BCUT2D eigenvalue weighted by Crippen LogP contribution is 2.34. The van der Waals surface area contributed by atoms with Crippen LogP contribution in [0.2, 0.25) is 0 Å². The summed E-state index contributed by atoms with van der Waals surface area (Å²) in [7, 11) is 2.07. The number of ether oxygens (including phenoxy) is 2. The van der Waals surface area contributed by atoms with E-state index in [4.69, 9.17) is 9.47 Å². The van der Waals surface area contributed by atoms with Crippen LogP contribution < -0.4 is 20.1 Å². The number of piperidine rings is 1. The molecule has 0 saturated carbocycles. The standard InChI is InChI=1S/C24H26FN5O3/c1-30-8-6-17(7-9-30)26-24(31)16-2-4-19(18(25)12-16)27-23-14-20(28-29-23)15-3-5-21-22(13-15)33-11-10-32-21/h2-5,12-14,17H,6-11H2,1H3,(H,26,31)(H2,27,28,29). The number of nitrogens with one attached hydrogen (secondary N) is 3. The Hall–Kier alpha value is -3.59. The van der Waals surface area contributed by atoms with E-state index in [2.05, 4.69) is 32.8 Å². The predicted octanol–water partition coefficient (Wildman–Crippen LogP) is 3.55. The zero-order valence-electron chi connectivity index (χ0n) is 18.4. The van der Waals surface area contributed by atoms with E-state index < -0.39 is 5.82 Å². The quantitative estimate of drug-likeness (QED) is 0.550. The van der Waals surface area contributed by atoms with Crippen molar-refractivity contribution in [2.75, 3.05) is 38.7 Å². The molecule has 0 spiro atoms. The Bertz CT molecular complexity index is 1160. The number of benzene rings is 2. The van der Waals surface area contributed by atoms with Crippen LogP contribution in [-0.4, -0.2) is 60.4 Å². The van der Waals surface area contributed by atoms with Gasteiger partial charge in [-0.25, -0.2) is 4.39 Å². The molecule has 3 aromatic rings. The number of halogens is 1. The molecule has 2 aromatic carbocycles. The first kappa shape index (κ1) is 21.3. The summed E-state index contributed by atoms with van der Waals surface area (Å²) in [5.74, 6) is 1.15. The van der Waals surface area contributed by atoms with Gasteiger partial charge in [0.05, 0.1) is 11.4 Å². The largest absolute Gasteiger partial charge is 0.486 e. The van der Waals surface area contributed by atoms with E-state index in [0.29, 0.717) is 41.8 Å². The van der Waals surface area contributed by atoms with Crippen molar-refractivity contribution in [1.82, 2.24) is 20.4 Å². The number of likely N-dealkylation sites (tertiary alicyclic amines) is 1. The molecular formula is C24H26FN5O3. The average molecular weight is 452 g/mol. The Balaban J connectivity index is 1.25. The van der Waals surface area contributed by atoms with Crippen molar-refractivity contribution < 1.29 is 18.7 Å². The van der Waals surface area contributed by atoms with Crippen molar-refractivity contribution in [1.29, 1.82) is 0 Å². The molecule has 1 amide bonds. The van der Waals surface area contributed by atoms with E-state index in [1.54, 1.807) is 18.2 Å². The van der Waals surface area contributed by atoms with Crippen molar-refractivity contribution in [2.24, 2.45) is 0 Å². The Labute approximate surface area is 191 Å². The molecule has 33 heavy (non-hydrogen) atoms. The highest BCUT2D eigenvalue weighted by molar-refractivity contribution is 5.94. The fourth-order valence-corrected chi connectivity index (χ4v) is 4.06. The van der Waals surface area contributed by atoms with Crippen LogP contribution in [0, 0.1) is 5.82 Å². The number of fused-ring (bicyclic) bond motifs is 1. The maximum absolute atomic E-state index is 14.7. The lowest BCUT2D eigenvalue weighted by atomic mass is 10.0. The highest BCUT2D eigenvalue weighted by Gasteiger charge is 2.20. The average Bonchev–Trinajstić information content (AvgIpc) is 3.30. The minimum Gasteiger partial charge on any atom is -0.486 e. The van der Waals surface area contributed by atoms with Crippen LogP contribution in [0.15, 0.2) is 42.5 Å². The number of amides is 1. The number of nitrogens with zero attached hydrogens (tertiary/aromatic N) is 2. The maximum atomic E-state index is 14.7. The molecule has 9 heteroatoms. The minimum absolute atomic E-state index is 0.124. The molecule has 0 bridgehead atoms. The lowest BCUT2D eigenvalue weighted by molar-refractivity contribution is 0.0916. The van der Waals surface area contributed by atoms with Gasteiger partial charge in [-0.15, -0.1) is 0 Å². The van der Waals surface area contributed by atoms with Gasteiger partial charge in [0.2, 0.25) is 0 Å². The fourth-order valence-electron chi connectivity index (χ4n) is 4.06. The zero-order chi connectivity index (χ0) is 22.8. The summed E-state index contributed by atoms with van der Waals surface area (Å²) in [6, 6.07) is 11.9. The fraction of sp³-hybridized carbons (Fsp3) is 0.333. The summed E-state index contributed by atoms with van der Waals surface area (Å²) in [5, 5.41) is 13.2. The molecule has 8 nitrogen and oxygen atoms in total. The molecule has 2 aliphatic heterocycles. The Morgan fingerprint density at radius 1 is 1.09 bits per heavy atom. The van der Waals surface area contributed by atoms with E-state index in [9.17, 15) is 9.18 Å². The SMILES string of the molecule is CN1CCC(NC(=O)c2ccc(Nc3cc(-c4ccc5c(c4)OCCO5)n[nH]3)c(F)c2)CC1. The van der Waals surface area contributed by atoms with Gasteiger partial charge in [0.15, 0.2) is 11.5 Å². The lowest BCUT2D eigenvalue weighted by Gasteiger charge is -2.29. The first-order valence-electron chi connectivity index (χ1n) is 11.1. The first-order valence-corrected chi connectivity index (χ1v) is 11.1. The third-order valence-electron chi connectivity index (χ3n) is 5.97. The Morgan fingerprint density at radius 2 is 1.88 bits per heavy atom. The van der Waals surface area contributed by atoms with Gasteiger partial charge in [0.25, 0.3) is 5.91 Å². The number of rotatable bonds is 5. The number of hydrogen-bond acceptors (Lipinski definition) is 6. The summed E-state index contributed by atoms with van der Waals surface area (Å²) in [4.78, 5) is 14.8. The molecule has 2 aliphatic rings.